The molecule has 0 fully saturated rings. The van der Waals surface area contributed by atoms with Crippen molar-refractivity contribution in [1.29, 1.82) is 0 Å². The van der Waals surface area contributed by atoms with Crippen molar-refractivity contribution in [2.45, 2.75) is 26.2 Å². The number of hydrogen-bond acceptors (Lipinski definition) is 7. The summed E-state index contributed by atoms with van der Waals surface area (Å²) < 4.78 is 5.29. The van der Waals surface area contributed by atoms with E-state index in [1.54, 1.807) is 12.4 Å². The first-order valence-corrected chi connectivity index (χ1v) is 7.54. The molecule has 21 heavy (non-hydrogen) atoms. The molecule has 0 aliphatic carbocycles. The van der Waals surface area contributed by atoms with Crippen LogP contribution in [0.4, 0.5) is 5.13 Å². The zero-order valence-electron chi connectivity index (χ0n) is 11.6. The van der Waals surface area contributed by atoms with Gasteiger partial charge in [-0.2, -0.15) is 4.98 Å². The van der Waals surface area contributed by atoms with E-state index in [2.05, 4.69) is 20.1 Å². The summed E-state index contributed by atoms with van der Waals surface area (Å²) in [6, 6.07) is 1.93. The van der Waals surface area contributed by atoms with E-state index < -0.39 is 0 Å². The van der Waals surface area contributed by atoms with Crippen LogP contribution in [0.3, 0.4) is 0 Å². The normalized spacial score (nSPS) is 10.9. The van der Waals surface area contributed by atoms with E-state index in [1.165, 1.54) is 11.3 Å². The second-order valence-corrected chi connectivity index (χ2v) is 5.62. The topological polar surface area (TPSA) is 90.7 Å². The molecule has 0 saturated carbocycles. The molecule has 3 aromatic heterocycles. The fourth-order valence-electron chi connectivity index (χ4n) is 2.02. The molecular formula is C14H15N5OS. The average Bonchev–Trinajstić information content (AvgIpc) is 3.09. The predicted molar refractivity (Wildman–Crippen MR) is 80.8 cm³/mol. The van der Waals surface area contributed by atoms with Crippen molar-refractivity contribution < 1.29 is 4.52 Å². The number of nitrogen functional groups attached to an aromatic ring is 1. The Bertz CT molecular complexity index is 736. The molecule has 0 aliphatic rings. The average molecular weight is 301 g/mol. The maximum atomic E-state index is 5.60. The summed E-state index contributed by atoms with van der Waals surface area (Å²) in [6.07, 6.45) is 5.99. The van der Waals surface area contributed by atoms with Gasteiger partial charge in [-0.05, 0) is 31.4 Å². The Morgan fingerprint density at radius 3 is 2.95 bits per heavy atom. The first-order valence-electron chi connectivity index (χ1n) is 6.66. The zero-order chi connectivity index (χ0) is 14.7. The van der Waals surface area contributed by atoms with Crippen LogP contribution >= 0.6 is 11.3 Å². The van der Waals surface area contributed by atoms with Crippen LogP contribution in [-0.4, -0.2) is 20.1 Å². The van der Waals surface area contributed by atoms with Crippen LogP contribution in [0, 0.1) is 6.92 Å². The number of pyridine rings is 1. The largest absolute Gasteiger partial charge is 0.375 e. The minimum Gasteiger partial charge on any atom is -0.375 e. The molecule has 0 spiro atoms. The summed E-state index contributed by atoms with van der Waals surface area (Å²) >= 11 is 1.46. The predicted octanol–water partition coefficient (Wildman–Crippen LogP) is 2.65. The van der Waals surface area contributed by atoms with Crippen molar-refractivity contribution >= 4 is 16.5 Å². The van der Waals surface area contributed by atoms with Gasteiger partial charge in [-0.15, -0.1) is 11.3 Å². The highest BCUT2D eigenvalue weighted by molar-refractivity contribution is 7.13. The van der Waals surface area contributed by atoms with Crippen molar-refractivity contribution in [2.24, 2.45) is 0 Å². The SMILES string of the molecule is Cc1ccncc1-c1noc(CCCc2csc(N)n2)n1. The molecule has 0 radical (unpaired) electrons. The Labute approximate surface area is 126 Å². The van der Waals surface area contributed by atoms with Crippen LogP contribution < -0.4 is 5.73 Å². The number of nitrogens with two attached hydrogens (primary N) is 1. The molecule has 0 bridgehead atoms. The standard InChI is InChI=1S/C14H15N5OS/c1-9-5-6-16-7-11(9)13-18-12(20-19-13)4-2-3-10-8-21-14(15)17-10/h5-8H,2-4H2,1H3,(H2,15,17). The lowest BCUT2D eigenvalue weighted by Crippen LogP contribution is -1.92. The summed E-state index contributed by atoms with van der Waals surface area (Å²) in [5.41, 5.74) is 8.60. The Morgan fingerprint density at radius 2 is 2.19 bits per heavy atom. The van der Waals surface area contributed by atoms with Crippen LogP contribution in [0.1, 0.15) is 23.6 Å². The smallest absolute Gasteiger partial charge is 0.226 e. The number of aromatic nitrogens is 4. The van der Waals surface area contributed by atoms with Crippen LogP contribution in [0.25, 0.3) is 11.4 Å². The van der Waals surface area contributed by atoms with Crippen molar-refractivity contribution in [2.75, 3.05) is 5.73 Å². The van der Waals surface area contributed by atoms with Gasteiger partial charge in [0.05, 0.1) is 5.69 Å². The summed E-state index contributed by atoms with van der Waals surface area (Å²) in [6.45, 7) is 2.00. The van der Waals surface area contributed by atoms with Crippen molar-refractivity contribution in [3.05, 3.63) is 41.0 Å². The molecule has 3 rings (SSSR count). The molecule has 0 amide bonds. The minimum absolute atomic E-state index is 0.591. The molecule has 0 aromatic carbocycles. The molecule has 108 valence electrons. The molecule has 0 saturated heterocycles. The molecule has 7 heteroatoms. The van der Waals surface area contributed by atoms with Crippen LogP contribution in [0.2, 0.25) is 0 Å². The van der Waals surface area contributed by atoms with Crippen LogP contribution in [0.15, 0.2) is 28.4 Å². The van der Waals surface area contributed by atoms with E-state index in [4.69, 9.17) is 10.3 Å². The Balaban J connectivity index is 1.62. The Hall–Kier alpha value is -2.28. The first kappa shape index (κ1) is 13.7. The maximum Gasteiger partial charge on any atom is 0.226 e. The summed E-state index contributed by atoms with van der Waals surface area (Å²) in [7, 11) is 0. The number of thiazole rings is 1. The second kappa shape index (κ2) is 6.01. The molecule has 2 N–H and O–H groups in total. The van der Waals surface area contributed by atoms with Crippen molar-refractivity contribution in [1.82, 2.24) is 20.1 Å². The summed E-state index contributed by atoms with van der Waals surface area (Å²) in [5, 5.41) is 6.61. The number of anilines is 1. The quantitative estimate of drug-likeness (QED) is 0.779. The van der Waals surface area contributed by atoms with E-state index in [-0.39, 0.29) is 0 Å². The van der Waals surface area contributed by atoms with Gasteiger partial charge < -0.3 is 10.3 Å². The lowest BCUT2D eigenvalue weighted by molar-refractivity contribution is 0.376. The Kier molecular flexibility index (Phi) is 3.92. The van der Waals surface area contributed by atoms with Gasteiger partial charge in [-0.1, -0.05) is 5.16 Å². The second-order valence-electron chi connectivity index (χ2n) is 4.73. The minimum atomic E-state index is 0.591. The molecule has 3 heterocycles. The van der Waals surface area contributed by atoms with E-state index in [1.807, 2.05) is 18.4 Å². The number of nitrogens with zero attached hydrogens (tertiary/aromatic N) is 4. The highest BCUT2D eigenvalue weighted by Gasteiger charge is 2.11. The first-order chi connectivity index (χ1) is 10.2. The lowest BCUT2D eigenvalue weighted by atomic mass is 10.1. The van der Waals surface area contributed by atoms with E-state index in [0.29, 0.717) is 16.8 Å². The highest BCUT2D eigenvalue weighted by Crippen LogP contribution is 2.19. The fraction of sp³-hybridized carbons (Fsp3) is 0.286. The summed E-state index contributed by atoms with van der Waals surface area (Å²) in [5.74, 6) is 1.23. The van der Waals surface area contributed by atoms with Crippen molar-refractivity contribution in [3.8, 4) is 11.4 Å². The molecule has 0 unspecified atom stereocenters. The number of hydrogen-bond donors (Lipinski definition) is 1. The zero-order valence-corrected chi connectivity index (χ0v) is 12.4. The molecule has 3 aromatic rings. The lowest BCUT2D eigenvalue weighted by Gasteiger charge is -1.97. The number of aryl methyl sites for hydroxylation is 3. The fourth-order valence-corrected chi connectivity index (χ4v) is 2.62. The van der Waals surface area contributed by atoms with Crippen molar-refractivity contribution in [3.63, 3.8) is 0 Å². The third kappa shape index (κ3) is 3.25. The van der Waals surface area contributed by atoms with Gasteiger partial charge >= 0.3 is 0 Å². The van der Waals surface area contributed by atoms with Crippen LogP contribution in [-0.2, 0) is 12.8 Å². The monoisotopic (exact) mass is 301 g/mol. The van der Waals surface area contributed by atoms with E-state index in [0.717, 1.165) is 36.1 Å². The van der Waals surface area contributed by atoms with E-state index >= 15 is 0 Å². The molecular weight excluding hydrogens is 286 g/mol. The molecule has 0 aliphatic heterocycles. The maximum absolute atomic E-state index is 5.60. The van der Waals surface area contributed by atoms with Gasteiger partial charge in [-0.3, -0.25) is 4.98 Å². The van der Waals surface area contributed by atoms with Gasteiger partial charge in [0.25, 0.3) is 0 Å². The van der Waals surface area contributed by atoms with Gasteiger partial charge in [0, 0.05) is 29.8 Å². The summed E-state index contributed by atoms with van der Waals surface area (Å²) in [4.78, 5) is 12.7. The molecule has 6 nitrogen and oxygen atoms in total. The number of rotatable bonds is 5. The van der Waals surface area contributed by atoms with Crippen LogP contribution in [0.5, 0.6) is 0 Å². The Morgan fingerprint density at radius 1 is 1.29 bits per heavy atom. The van der Waals surface area contributed by atoms with E-state index in [9.17, 15) is 0 Å². The third-order valence-corrected chi connectivity index (χ3v) is 3.86. The van der Waals surface area contributed by atoms with Gasteiger partial charge in [0.2, 0.25) is 11.7 Å². The van der Waals surface area contributed by atoms with Gasteiger partial charge in [-0.25, -0.2) is 4.98 Å². The highest BCUT2D eigenvalue weighted by atomic mass is 32.1. The van der Waals surface area contributed by atoms with Gasteiger partial charge in [0.1, 0.15) is 0 Å². The third-order valence-electron chi connectivity index (χ3n) is 3.14. The molecule has 0 atom stereocenters. The van der Waals surface area contributed by atoms with Gasteiger partial charge in [0.15, 0.2) is 5.13 Å².